The Morgan fingerprint density at radius 3 is 2.68 bits per heavy atom. The van der Waals surface area contributed by atoms with Gasteiger partial charge in [0, 0.05) is 15.2 Å². The summed E-state index contributed by atoms with van der Waals surface area (Å²) in [5, 5.41) is 6.35. The molecule has 0 aliphatic heterocycles. The number of thiocarbonyl (C=S) groups is 1. The number of carbonyl (C=O) groups is 1. The number of rotatable bonds is 4. The van der Waals surface area contributed by atoms with Gasteiger partial charge in [0.2, 0.25) is 0 Å². The number of carbonyl (C=O) groups excluding carboxylic acids is 1. The van der Waals surface area contributed by atoms with Crippen LogP contribution in [0, 0.1) is 13.8 Å². The van der Waals surface area contributed by atoms with Crippen molar-refractivity contribution in [2.75, 3.05) is 11.9 Å². The van der Waals surface area contributed by atoms with E-state index in [0.29, 0.717) is 10.8 Å². The van der Waals surface area contributed by atoms with E-state index in [-0.39, 0.29) is 17.6 Å². The van der Waals surface area contributed by atoms with E-state index >= 15 is 0 Å². The van der Waals surface area contributed by atoms with Crippen LogP contribution in [0.2, 0.25) is 5.02 Å². The van der Waals surface area contributed by atoms with Crippen LogP contribution in [0.4, 0.5) is 5.69 Å². The smallest absolute Gasteiger partial charge is 0.264 e. The fraction of sp³-hybridized carbons (Fsp3) is 0.176. The molecule has 0 fully saturated rings. The van der Waals surface area contributed by atoms with Crippen molar-refractivity contribution in [3.8, 4) is 5.75 Å². The molecule has 0 aliphatic carbocycles. The van der Waals surface area contributed by atoms with Crippen LogP contribution < -0.4 is 15.4 Å². The monoisotopic (exact) mass is 504 g/mol. The summed E-state index contributed by atoms with van der Waals surface area (Å²) < 4.78 is 7.28. The van der Waals surface area contributed by atoms with E-state index in [1.165, 1.54) is 0 Å². The molecule has 0 radical (unpaired) electrons. The second-order valence-corrected chi connectivity index (χ2v) is 7.82. The van der Waals surface area contributed by atoms with Gasteiger partial charge in [-0.2, -0.15) is 0 Å². The zero-order chi connectivity index (χ0) is 18.6. The van der Waals surface area contributed by atoms with E-state index in [9.17, 15) is 4.79 Å². The number of benzene rings is 2. The zero-order valence-corrected chi connectivity index (χ0v) is 18.2. The number of aryl methyl sites for hydroxylation is 1. The molecule has 2 N–H and O–H groups in total. The third-order valence-corrected chi connectivity index (χ3v) is 4.97. The van der Waals surface area contributed by atoms with Crippen molar-refractivity contribution in [1.29, 1.82) is 0 Å². The number of halogens is 3. The van der Waals surface area contributed by atoms with Gasteiger partial charge >= 0.3 is 0 Å². The molecule has 0 saturated carbocycles. The summed E-state index contributed by atoms with van der Waals surface area (Å²) in [6, 6.07) is 9.19. The van der Waals surface area contributed by atoms with Gasteiger partial charge in [-0.05, 0) is 77.4 Å². The standard InChI is InChI=1S/C17H15Br2ClN2O2S/c1-9-6-11(18)7-12(19)16(9)24-8-15(23)22-17(25)21-14-5-3-4-13(20)10(14)2/h3-7H,8H2,1-2H3,(H2,21,22,23,25). The van der Waals surface area contributed by atoms with Gasteiger partial charge in [0.05, 0.1) is 4.47 Å². The second-order valence-electron chi connectivity index (χ2n) is 5.24. The van der Waals surface area contributed by atoms with Crippen LogP contribution in [0.3, 0.4) is 0 Å². The van der Waals surface area contributed by atoms with Crippen LogP contribution in [0.25, 0.3) is 0 Å². The van der Waals surface area contributed by atoms with Crippen molar-refractivity contribution in [3.63, 3.8) is 0 Å². The average molecular weight is 507 g/mol. The van der Waals surface area contributed by atoms with Crippen LogP contribution >= 0.6 is 55.7 Å². The van der Waals surface area contributed by atoms with Crippen LogP contribution in [0.5, 0.6) is 5.75 Å². The van der Waals surface area contributed by atoms with Gasteiger partial charge in [-0.1, -0.05) is 33.6 Å². The van der Waals surface area contributed by atoms with Gasteiger partial charge in [0.25, 0.3) is 5.91 Å². The molecule has 4 nitrogen and oxygen atoms in total. The molecule has 0 bridgehead atoms. The Morgan fingerprint density at radius 1 is 1.28 bits per heavy atom. The quantitative estimate of drug-likeness (QED) is 0.547. The molecule has 0 spiro atoms. The lowest BCUT2D eigenvalue weighted by molar-refractivity contribution is -0.121. The maximum absolute atomic E-state index is 12.0. The van der Waals surface area contributed by atoms with Crippen LogP contribution in [-0.2, 0) is 4.79 Å². The Labute approximate surface area is 173 Å². The molecule has 0 aliphatic rings. The molecule has 8 heteroatoms. The first-order chi connectivity index (χ1) is 11.8. The van der Waals surface area contributed by atoms with E-state index < -0.39 is 0 Å². The molecule has 0 saturated heterocycles. The third-order valence-electron chi connectivity index (χ3n) is 3.31. The van der Waals surface area contributed by atoms with Crippen molar-refractivity contribution in [2.45, 2.75) is 13.8 Å². The van der Waals surface area contributed by atoms with E-state index in [1.54, 1.807) is 12.1 Å². The second kappa shape index (κ2) is 8.98. The van der Waals surface area contributed by atoms with Gasteiger partial charge in [0.15, 0.2) is 11.7 Å². The summed E-state index contributed by atoms with van der Waals surface area (Å²) in [4.78, 5) is 12.0. The minimum atomic E-state index is -0.355. The van der Waals surface area contributed by atoms with Gasteiger partial charge in [-0.25, -0.2) is 0 Å². The Balaban J connectivity index is 1.92. The van der Waals surface area contributed by atoms with E-state index in [2.05, 4.69) is 42.5 Å². The molecule has 2 aromatic rings. The number of ether oxygens (including phenoxy) is 1. The number of anilines is 1. The largest absolute Gasteiger partial charge is 0.482 e. The maximum atomic E-state index is 12.0. The molecule has 1 amide bonds. The lowest BCUT2D eigenvalue weighted by Gasteiger charge is -2.14. The highest BCUT2D eigenvalue weighted by Gasteiger charge is 2.11. The van der Waals surface area contributed by atoms with Gasteiger partial charge in [-0.15, -0.1) is 0 Å². The lowest BCUT2D eigenvalue weighted by atomic mass is 10.2. The molecule has 25 heavy (non-hydrogen) atoms. The fourth-order valence-electron chi connectivity index (χ4n) is 2.07. The van der Waals surface area contributed by atoms with Gasteiger partial charge in [-0.3, -0.25) is 10.1 Å². The minimum Gasteiger partial charge on any atom is -0.482 e. The highest BCUT2D eigenvalue weighted by atomic mass is 79.9. The normalized spacial score (nSPS) is 10.3. The first-order valence-corrected chi connectivity index (χ1v) is 9.59. The van der Waals surface area contributed by atoms with Crippen molar-refractivity contribution >= 4 is 72.4 Å². The minimum absolute atomic E-state index is 0.155. The predicted molar refractivity (Wildman–Crippen MR) is 113 cm³/mol. The Hall–Kier alpha value is -1.15. The van der Waals surface area contributed by atoms with Crippen molar-refractivity contribution in [2.24, 2.45) is 0 Å². The average Bonchev–Trinajstić information content (AvgIpc) is 2.50. The number of amides is 1. The van der Waals surface area contributed by atoms with E-state index in [4.69, 9.17) is 28.6 Å². The topological polar surface area (TPSA) is 50.4 Å². The third kappa shape index (κ3) is 5.67. The summed E-state index contributed by atoms with van der Waals surface area (Å²) >= 11 is 18.0. The van der Waals surface area contributed by atoms with Crippen LogP contribution in [0.1, 0.15) is 11.1 Å². The summed E-state index contributed by atoms with van der Waals surface area (Å²) in [5.41, 5.74) is 2.50. The number of nitrogens with one attached hydrogen (secondary N) is 2. The maximum Gasteiger partial charge on any atom is 0.264 e. The van der Waals surface area contributed by atoms with Crippen molar-refractivity contribution in [1.82, 2.24) is 5.32 Å². The number of hydrogen-bond donors (Lipinski definition) is 2. The molecule has 2 aromatic carbocycles. The van der Waals surface area contributed by atoms with Crippen LogP contribution in [-0.4, -0.2) is 17.6 Å². The van der Waals surface area contributed by atoms with E-state index in [1.807, 2.05) is 32.0 Å². The summed E-state index contributed by atoms with van der Waals surface area (Å²) in [5.74, 6) is 0.259. The Bertz CT molecular complexity index is 807. The van der Waals surface area contributed by atoms with Crippen molar-refractivity contribution in [3.05, 3.63) is 55.4 Å². The molecular formula is C17H15Br2ClN2O2S. The molecule has 0 heterocycles. The van der Waals surface area contributed by atoms with Gasteiger partial charge in [0.1, 0.15) is 5.75 Å². The number of hydrogen-bond acceptors (Lipinski definition) is 3. The predicted octanol–water partition coefficient (Wildman–Crippen LogP) is 5.37. The SMILES string of the molecule is Cc1cc(Br)cc(Br)c1OCC(=O)NC(=S)Nc1cccc(Cl)c1C. The van der Waals surface area contributed by atoms with Crippen LogP contribution in [0.15, 0.2) is 39.3 Å². The Kier molecular flexibility index (Phi) is 7.25. The fourth-order valence-corrected chi connectivity index (χ4v) is 4.02. The van der Waals surface area contributed by atoms with E-state index in [0.717, 1.165) is 25.8 Å². The summed E-state index contributed by atoms with van der Waals surface area (Å²) in [7, 11) is 0. The zero-order valence-electron chi connectivity index (χ0n) is 13.5. The first-order valence-electron chi connectivity index (χ1n) is 7.22. The highest BCUT2D eigenvalue weighted by molar-refractivity contribution is 9.11. The summed E-state index contributed by atoms with van der Waals surface area (Å²) in [6.07, 6.45) is 0. The van der Waals surface area contributed by atoms with Gasteiger partial charge < -0.3 is 10.1 Å². The Morgan fingerprint density at radius 2 is 2.00 bits per heavy atom. The first kappa shape index (κ1) is 20.2. The molecule has 0 atom stereocenters. The summed E-state index contributed by atoms with van der Waals surface area (Å²) in [6.45, 7) is 3.61. The molecule has 2 rings (SSSR count). The van der Waals surface area contributed by atoms with Crippen molar-refractivity contribution < 1.29 is 9.53 Å². The lowest BCUT2D eigenvalue weighted by Crippen LogP contribution is -2.37. The molecule has 0 aromatic heterocycles. The molecule has 0 unspecified atom stereocenters. The molecule has 132 valence electrons. The highest BCUT2D eigenvalue weighted by Crippen LogP contribution is 2.32. The molecular weight excluding hydrogens is 492 g/mol.